The Labute approximate surface area is 144 Å². The van der Waals surface area contributed by atoms with E-state index >= 15 is 0 Å². The standard InChI is InChI=1S/C17H18FN5O2/c1-11-20-16(22-25-11)15-5-3-2-4-8-23(15)17(24)21-13-6-7-14(18)12(9-13)10-19/h6-7,9,15H,2-5,8H2,1H3,(H,21,24). The number of nitriles is 1. The summed E-state index contributed by atoms with van der Waals surface area (Å²) in [6.45, 7) is 2.27. The highest BCUT2D eigenvalue weighted by atomic mass is 19.1. The molecule has 7 nitrogen and oxygen atoms in total. The first kappa shape index (κ1) is 16.9. The van der Waals surface area contributed by atoms with Crippen molar-refractivity contribution >= 4 is 11.7 Å². The molecule has 3 rings (SSSR count). The SMILES string of the molecule is Cc1nc(C2CCCCCN2C(=O)Nc2ccc(F)c(C#N)c2)no1. The van der Waals surface area contributed by atoms with Crippen LogP contribution in [0.1, 0.15) is 49.0 Å². The van der Waals surface area contributed by atoms with Gasteiger partial charge in [0, 0.05) is 19.2 Å². The predicted molar refractivity (Wildman–Crippen MR) is 87.1 cm³/mol. The van der Waals surface area contributed by atoms with E-state index in [1.165, 1.54) is 12.1 Å². The molecule has 0 bridgehead atoms. The Bertz CT molecular complexity index is 814. The maximum atomic E-state index is 13.4. The van der Waals surface area contributed by atoms with Crippen LogP contribution in [-0.2, 0) is 0 Å². The number of urea groups is 1. The van der Waals surface area contributed by atoms with E-state index in [4.69, 9.17) is 9.78 Å². The predicted octanol–water partition coefficient (Wildman–Crippen LogP) is 3.54. The number of anilines is 1. The lowest BCUT2D eigenvalue weighted by atomic mass is 10.1. The Morgan fingerprint density at radius 2 is 2.28 bits per heavy atom. The van der Waals surface area contributed by atoms with E-state index in [1.54, 1.807) is 17.9 Å². The fourth-order valence-corrected chi connectivity index (χ4v) is 2.95. The maximum Gasteiger partial charge on any atom is 0.322 e. The largest absolute Gasteiger partial charge is 0.340 e. The third-order valence-electron chi connectivity index (χ3n) is 4.19. The van der Waals surface area contributed by atoms with E-state index in [9.17, 15) is 9.18 Å². The monoisotopic (exact) mass is 343 g/mol. The first-order valence-corrected chi connectivity index (χ1v) is 8.16. The van der Waals surface area contributed by atoms with Crippen LogP contribution in [0.2, 0.25) is 0 Å². The molecule has 2 amide bonds. The minimum absolute atomic E-state index is 0.112. The first-order valence-electron chi connectivity index (χ1n) is 8.16. The molecule has 1 atom stereocenters. The smallest absolute Gasteiger partial charge is 0.322 e. The molecule has 1 N–H and O–H groups in total. The van der Waals surface area contributed by atoms with E-state index in [0.717, 1.165) is 31.7 Å². The fourth-order valence-electron chi connectivity index (χ4n) is 2.95. The number of aryl methyl sites for hydroxylation is 1. The molecule has 0 radical (unpaired) electrons. The van der Waals surface area contributed by atoms with Gasteiger partial charge in [0.25, 0.3) is 0 Å². The van der Waals surface area contributed by atoms with Gasteiger partial charge in [0.05, 0.1) is 11.6 Å². The molecule has 2 aromatic rings. The van der Waals surface area contributed by atoms with Crippen LogP contribution in [0, 0.1) is 24.1 Å². The highest BCUT2D eigenvalue weighted by molar-refractivity contribution is 5.89. The summed E-state index contributed by atoms with van der Waals surface area (Å²) >= 11 is 0. The van der Waals surface area contributed by atoms with Crippen LogP contribution in [0.3, 0.4) is 0 Å². The van der Waals surface area contributed by atoms with Crippen LogP contribution in [0.25, 0.3) is 0 Å². The number of likely N-dealkylation sites (tertiary alicyclic amines) is 1. The highest BCUT2D eigenvalue weighted by Gasteiger charge is 2.30. The van der Waals surface area contributed by atoms with Crippen molar-refractivity contribution in [2.24, 2.45) is 0 Å². The second kappa shape index (κ2) is 7.30. The van der Waals surface area contributed by atoms with Gasteiger partial charge in [-0.1, -0.05) is 18.0 Å². The van der Waals surface area contributed by atoms with Crippen molar-refractivity contribution in [1.29, 1.82) is 5.26 Å². The molecule has 1 aromatic heterocycles. The third-order valence-corrected chi connectivity index (χ3v) is 4.19. The maximum absolute atomic E-state index is 13.4. The molecule has 1 saturated heterocycles. The number of aromatic nitrogens is 2. The summed E-state index contributed by atoms with van der Waals surface area (Å²) in [5.41, 5.74) is 0.259. The van der Waals surface area contributed by atoms with E-state index in [-0.39, 0.29) is 17.6 Å². The molecule has 1 unspecified atom stereocenters. The minimum atomic E-state index is -0.615. The van der Waals surface area contributed by atoms with E-state index in [2.05, 4.69) is 15.5 Å². The summed E-state index contributed by atoms with van der Waals surface area (Å²) in [4.78, 5) is 18.7. The van der Waals surface area contributed by atoms with Crippen molar-refractivity contribution in [2.45, 2.75) is 38.6 Å². The van der Waals surface area contributed by atoms with Crippen molar-refractivity contribution < 1.29 is 13.7 Å². The first-order chi connectivity index (χ1) is 12.1. The second-order valence-corrected chi connectivity index (χ2v) is 5.97. The van der Waals surface area contributed by atoms with Gasteiger partial charge in [-0.3, -0.25) is 0 Å². The topological polar surface area (TPSA) is 95.1 Å². The molecular weight excluding hydrogens is 325 g/mol. The molecule has 0 aliphatic carbocycles. The summed E-state index contributed by atoms with van der Waals surface area (Å²) in [5.74, 6) is 0.332. The van der Waals surface area contributed by atoms with Gasteiger partial charge >= 0.3 is 6.03 Å². The van der Waals surface area contributed by atoms with Gasteiger partial charge < -0.3 is 14.7 Å². The number of hydrogen-bond acceptors (Lipinski definition) is 5. The lowest BCUT2D eigenvalue weighted by Crippen LogP contribution is -2.38. The van der Waals surface area contributed by atoms with Crippen LogP contribution in [0.4, 0.5) is 14.9 Å². The Hall–Kier alpha value is -2.95. The van der Waals surface area contributed by atoms with Crippen LogP contribution in [-0.4, -0.2) is 27.6 Å². The molecule has 130 valence electrons. The molecule has 25 heavy (non-hydrogen) atoms. The summed E-state index contributed by atoms with van der Waals surface area (Å²) < 4.78 is 18.5. The van der Waals surface area contributed by atoms with Gasteiger partial charge in [0.15, 0.2) is 5.82 Å². The fraction of sp³-hybridized carbons (Fsp3) is 0.412. The van der Waals surface area contributed by atoms with E-state index < -0.39 is 5.82 Å². The van der Waals surface area contributed by atoms with Crippen molar-refractivity contribution in [3.8, 4) is 6.07 Å². The molecule has 8 heteroatoms. The average Bonchev–Trinajstić information content (AvgIpc) is 2.88. The lowest BCUT2D eigenvalue weighted by Gasteiger charge is -2.28. The van der Waals surface area contributed by atoms with E-state index in [1.807, 2.05) is 0 Å². The van der Waals surface area contributed by atoms with Crippen molar-refractivity contribution in [3.05, 3.63) is 41.3 Å². The number of amides is 2. The molecular formula is C17H18FN5O2. The van der Waals surface area contributed by atoms with Gasteiger partial charge in [-0.25, -0.2) is 9.18 Å². The van der Waals surface area contributed by atoms with Gasteiger partial charge in [-0.15, -0.1) is 0 Å². The number of carbonyl (C=O) groups excluding carboxylic acids is 1. The van der Waals surface area contributed by atoms with Gasteiger partial charge in [-0.05, 0) is 31.0 Å². The van der Waals surface area contributed by atoms with Crippen LogP contribution in [0.5, 0.6) is 0 Å². The Balaban J connectivity index is 1.81. The molecule has 0 spiro atoms. The Morgan fingerprint density at radius 1 is 1.44 bits per heavy atom. The molecule has 1 aliphatic heterocycles. The zero-order valence-electron chi connectivity index (χ0n) is 13.8. The van der Waals surface area contributed by atoms with Crippen molar-refractivity contribution in [2.75, 3.05) is 11.9 Å². The summed E-state index contributed by atoms with van der Waals surface area (Å²) in [6.07, 6.45) is 3.62. The third kappa shape index (κ3) is 3.76. The number of carbonyl (C=O) groups is 1. The number of nitrogens with one attached hydrogen (secondary N) is 1. The number of rotatable bonds is 2. The number of nitrogens with zero attached hydrogens (tertiary/aromatic N) is 4. The molecule has 0 saturated carbocycles. The second-order valence-electron chi connectivity index (χ2n) is 5.97. The Kier molecular flexibility index (Phi) is 4.93. The average molecular weight is 343 g/mol. The van der Waals surface area contributed by atoms with Crippen LogP contribution < -0.4 is 5.32 Å². The quantitative estimate of drug-likeness (QED) is 0.900. The molecule has 1 aliphatic rings. The van der Waals surface area contributed by atoms with Gasteiger partial charge in [0.2, 0.25) is 5.89 Å². The number of hydrogen-bond donors (Lipinski definition) is 1. The number of halogens is 1. The van der Waals surface area contributed by atoms with Crippen molar-refractivity contribution in [3.63, 3.8) is 0 Å². The van der Waals surface area contributed by atoms with Crippen molar-refractivity contribution in [1.82, 2.24) is 15.0 Å². The highest BCUT2D eigenvalue weighted by Crippen LogP contribution is 2.29. The van der Waals surface area contributed by atoms with Gasteiger partial charge in [-0.2, -0.15) is 10.2 Å². The lowest BCUT2D eigenvalue weighted by molar-refractivity contribution is 0.184. The van der Waals surface area contributed by atoms with Crippen LogP contribution in [0.15, 0.2) is 22.7 Å². The summed E-state index contributed by atoms with van der Waals surface area (Å²) in [7, 11) is 0. The van der Waals surface area contributed by atoms with Gasteiger partial charge in [0.1, 0.15) is 11.9 Å². The zero-order valence-corrected chi connectivity index (χ0v) is 13.8. The molecule has 2 heterocycles. The minimum Gasteiger partial charge on any atom is -0.340 e. The summed E-state index contributed by atoms with van der Waals surface area (Å²) in [6, 6.07) is 5.08. The number of benzene rings is 1. The molecule has 1 fully saturated rings. The van der Waals surface area contributed by atoms with Crippen LogP contribution >= 0.6 is 0 Å². The summed E-state index contributed by atoms with van der Waals surface area (Å²) in [5, 5.41) is 15.6. The zero-order chi connectivity index (χ0) is 17.8. The molecule has 1 aromatic carbocycles. The normalized spacial score (nSPS) is 17.6. The Morgan fingerprint density at radius 3 is 3.00 bits per heavy atom. The van der Waals surface area contributed by atoms with E-state index in [0.29, 0.717) is 23.9 Å².